The lowest BCUT2D eigenvalue weighted by Gasteiger charge is -2.47. The molecule has 7 rings (SSSR count). The lowest BCUT2D eigenvalue weighted by molar-refractivity contribution is -0.109. The number of anilines is 1. The molecule has 228 valence electrons. The molecule has 2 fully saturated rings. The van der Waals surface area contributed by atoms with Crippen molar-refractivity contribution in [2.75, 3.05) is 18.4 Å². The van der Waals surface area contributed by atoms with E-state index in [2.05, 4.69) is 40.1 Å². The number of nitrogens with zero attached hydrogens (tertiary/aromatic N) is 5. The molecular formula is C34H42F2N6O. The first-order chi connectivity index (χ1) is 20.6. The molecule has 4 aliphatic rings. The van der Waals surface area contributed by atoms with Crippen molar-refractivity contribution >= 4 is 16.9 Å². The lowest BCUT2D eigenvalue weighted by atomic mass is 9.77. The minimum atomic E-state index is -2.94. The number of alkyl halides is 2. The lowest BCUT2D eigenvalue weighted by Crippen LogP contribution is -2.52. The van der Waals surface area contributed by atoms with E-state index >= 15 is 8.78 Å². The van der Waals surface area contributed by atoms with Crippen molar-refractivity contribution in [2.45, 2.75) is 108 Å². The molecule has 0 radical (unpaired) electrons. The molecule has 9 heteroatoms. The zero-order valence-corrected chi connectivity index (χ0v) is 25.5. The van der Waals surface area contributed by atoms with Gasteiger partial charge in [-0.2, -0.15) is 5.26 Å². The Hall–Kier alpha value is -3.38. The maximum atomic E-state index is 16.1. The summed E-state index contributed by atoms with van der Waals surface area (Å²) < 4.78 is 33.9. The van der Waals surface area contributed by atoms with Crippen molar-refractivity contribution in [3.05, 3.63) is 63.7 Å². The van der Waals surface area contributed by atoms with Gasteiger partial charge >= 0.3 is 0 Å². The molecule has 1 saturated carbocycles. The standard InChI is InChI=1S/C34H42F2N6O/c1-23-24-10-9-11-25(18-24)34(35,36)26-12-17-41(32(2,3)20-26)15-7-5-4-6-8-16-42-30-27(29(40-23)38-22-39-30)19-28(31(42)43)33(21-37)13-14-33/h9-11,18-19,22-23,26H,4-8,12-17,20H2,1-3H3,(H,38,39,40)/t23-,26?/m1/s1. The van der Waals surface area contributed by atoms with E-state index < -0.39 is 17.3 Å². The number of hydrogen-bond acceptors (Lipinski definition) is 6. The highest BCUT2D eigenvalue weighted by atomic mass is 19.3. The third kappa shape index (κ3) is 5.55. The van der Waals surface area contributed by atoms with Crippen LogP contribution in [0.2, 0.25) is 0 Å². The van der Waals surface area contributed by atoms with Gasteiger partial charge < -0.3 is 5.32 Å². The second kappa shape index (κ2) is 11.3. The topological polar surface area (TPSA) is 86.8 Å². The van der Waals surface area contributed by atoms with Crippen molar-refractivity contribution in [3.63, 3.8) is 0 Å². The molecule has 3 aliphatic heterocycles. The summed E-state index contributed by atoms with van der Waals surface area (Å²) in [6, 6.07) is 10.6. The van der Waals surface area contributed by atoms with Crippen molar-refractivity contribution in [1.29, 1.82) is 5.26 Å². The van der Waals surface area contributed by atoms with E-state index in [9.17, 15) is 10.1 Å². The fourth-order valence-corrected chi connectivity index (χ4v) is 7.23. The predicted molar refractivity (Wildman–Crippen MR) is 164 cm³/mol. The molecule has 2 aromatic heterocycles. The van der Waals surface area contributed by atoms with Gasteiger partial charge in [-0.25, -0.2) is 18.7 Å². The fourth-order valence-electron chi connectivity index (χ4n) is 7.23. The average Bonchev–Trinajstić information content (AvgIpc) is 3.78. The zero-order valence-electron chi connectivity index (χ0n) is 25.5. The van der Waals surface area contributed by atoms with Crippen LogP contribution >= 0.6 is 0 Å². The van der Waals surface area contributed by atoms with Gasteiger partial charge in [0, 0.05) is 35.2 Å². The second-order valence-electron chi connectivity index (χ2n) is 13.5. The molecule has 0 spiro atoms. The van der Waals surface area contributed by atoms with E-state index in [0.717, 1.165) is 44.2 Å². The average molecular weight is 589 g/mol. The Morgan fingerprint density at radius 2 is 1.77 bits per heavy atom. The van der Waals surface area contributed by atoms with E-state index in [1.807, 2.05) is 13.0 Å². The van der Waals surface area contributed by atoms with E-state index in [4.69, 9.17) is 0 Å². The van der Waals surface area contributed by atoms with Crippen molar-refractivity contribution < 1.29 is 8.78 Å². The van der Waals surface area contributed by atoms with Gasteiger partial charge in [-0.1, -0.05) is 37.5 Å². The summed E-state index contributed by atoms with van der Waals surface area (Å²) in [5, 5.41) is 14.1. The third-order valence-electron chi connectivity index (χ3n) is 10.2. The first-order valence-corrected chi connectivity index (χ1v) is 15.9. The maximum Gasteiger partial charge on any atom is 0.276 e. The fraction of sp³-hybridized carbons (Fsp3) is 0.588. The monoisotopic (exact) mass is 588 g/mol. The molecule has 1 aliphatic carbocycles. The maximum absolute atomic E-state index is 16.1. The van der Waals surface area contributed by atoms with Crippen LogP contribution in [0.15, 0.2) is 41.5 Å². The van der Waals surface area contributed by atoms with E-state index in [0.29, 0.717) is 61.2 Å². The molecule has 1 N–H and O–H groups in total. The Balaban J connectivity index is 1.41. The van der Waals surface area contributed by atoms with Crippen LogP contribution in [-0.4, -0.2) is 38.1 Å². The predicted octanol–water partition coefficient (Wildman–Crippen LogP) is 7.07. The van der Waals surface area contributed by atoms with Gasteiger partial charge in [-0.3, -0.25) is 14.3 Å². The van der Waals surface area contributed by atoms with Gasteiger partial charge in [0.15, 0.2) is 0 Å². The van der Waals surface area contributed by atoms with Crippen LogP contribution in [0.4, 0.5) is 14.6 Å². The molecule has 1 saturated heterocycles. The summed E-state index contributed by atoms with van der Waals surface area (Å²) in [6.45, 7) is 8.25. The highest BCUT2D eigenvalue weighted by Gasteiger charge is 2.48. The minimum Gasteiger partial charge on any atom is -0.363 e. The van der Waals surface area contributed by atoms with Gasteiger partial charge in [-0.05, 0) is 90.1 Å². The van der Waals surface area contributed by atoms with E-state index in [1.165, 1.54) is 6.33 Å². The molecule has 0 amide bonds. The quantitative estimate of drug-likeness (QED) is 0.327. The highest BCUT2D eigenvalue weighted by molar-refractivity contribution is 5.87. The molecule has 5 heterocycles. The third-order valence-corrected chi connectivity index (χ3v) is 10.2. The SMILES string of the molecule is C[C@H]1Nc2ncnc3c2cc(C2(C#N)CC2)c(=O)n3CCCCCCCN2CCC(CC2(C)C)C(F)(F)c2cccc1c2. The molecule has 1 aromatic carbocycles. The molecule has 8 bridgehead atoms. The van der Waals surface area contributed by atoms with Crippen LogP contribution in [0.25, 0.3) is 11.0 Å². The Labute approximate surface area is 252 Å². The Bertz CT molecular complexity index is 1600. The van der Waals surface area contributed by atoms with Crippen molar-refractivity contribution in [3.8, 4) is 6.07 Å². The van der Waals surface area contributed by atoms with Crippen LogP contribution in [0.3, 0.4) is 0 Å². The van der Waals surface area contributed by atoms with Gasteiger partial charge in [0.2, 0.25) is 0 Å². The Kier molecular flexibility index (Phi) is 7.78. The highest BCUT2D eigenvalue weighted by Crippen LogP contribution is 2.48. The summed E-state index contributed by atoms with van der Waals surface area (Å²) in [5.41, 5.74) is 0.608. The van der Waals surface area contributed by atoms with Gasteiger partial charge in [-0.15, -0.1) is 0 Å². The second-order valence-corrected chi connectivity index (χ2v) is 13.5. The Morgan fingerprint density at radius 1 is 1.02 bits per heavy atom. The largest absolute Gasteiger partial charge is 0.363 e. The molecular weight excluding hydrogens is 546 g/mol. The van der Waals surface area contributed by atoms with Gasteiger partial charge in [0.25, 0.3) is 11.5 Å². The Morgan fingerprint density at radius 3 is 2.49 bits per heavy atom. The van der Waals surface area contributed by atoms with Crippen molar-refractivity contribution in [1.82, 2.24) is 19.4 Å². The van der Waals surface area contributed by atoms with Crippen molar-refractivity contribution in [2.24, 2.45) is 5.92 Å². The molecule has 7 nitrogen and oxygen atoms in total. The number of benzene rings is 1. The summed E-state index contributed by atoms with van der Waals surface area (Å²) in [5.74, 6) is -3.14. The number of rotatable bonds is 1. The van der Waals surface area contributed by atoms with E-state index in [-0.39, 0.29) is 22.7 Å². The number of halogens is 2. The normalized spacial score (nSPS) is 26.7. The number of nitrogens with one attached hydrogen (secondary N) is 1. The first-order valence-electron chi connectivity index (χ1n) is 15.9. The molecule has 2 unspecified atom stereocenters. The number of piperidine rings is 1. The summed E-state index contributed by atoms with van der Waals surface area (Å²) in [7, 11) is 0. The summed E-state index contributed by atoms with van der Waals surface area (Å²) >= 11 is 0. The molecule has 3 atom stereocenters. The van der Waals surface area contributed by atoms with Crippen LogP contribution < -0.4 is 10.9 Å². The number of hydrogen-bond donors (Lipinski definition) is 1. The van der Waals surface area contributed by atoms with Gasteiger partial charge in [0.1, 0.15) is 17.8 Å². The smallest absolute Gasteiger partial charge is 0.276 e. The summed E-state index contributed by atoms with van der Waals surface area (Å²) in [4.78, 5) is 25.2. The van der Waals surface area contributed by atoms with Crippen LogP contribution in [-0.2, 0) is 17.9 Å². The van der Waals surface area contributed by atoms with E-state index in [1.54, 1.807) is 28.8 Å². The first kappa shape index (κ1) is 29.7. The van der Waals surface area contributed by atoms with Crippen LogP contribution in [0.1, 0.15) is 101 Å². The number of aryl methyl sites for hydroxylation is 1. The van der Waals surface area contributed by atoms with Crippen LogP contribution in [0, 0.1) is 17.2 Å². The summed E-state index contributed by atoms with van der Waals surface area (Å²) in [6.07, 6.45) is 8.62. The number of fused-ring (bicyclic) bond motifs is 9. The van der Waals surface area contributed by atoms with Crippen LogP contribution in [0.5, 0.6) is 0 Å². The number of aromatic nitrogens is 3. The number of nitriles is 1. The minimum absolute atomic E-state index is 0.0483. The van der Waals surface area contributed by atoms with Gasteiger partial charge in [0.05, 0.1) is 16.9 Å². The molecule has 3 aromatic rings. The number of pyridine rings is 1. The zero-order chi connectivity index (χ0) is 30.4. The molecule has 43 heavy (non-hydrogen) atoms.